The first-order chi connectivity index (χ1) is 16.5. The van der Waals surface area contributed by atoms with Crippen molar-refractivity contribution in [1.29, 1.82) is 0 Å². The monoisotopic (exact) mass is 481 g/mol. The van der Waals surface area contributed by atoms with Crippen LogP contribution in [0.5, 0.6) is 0 Å². The van der Waals surface area contributed by atoms with E-state index in [9.17, 15) is 14.4 Å². The van der Waals surface area contributed by atoms with Crippen LogP contribution in [0.15, 0.2) is 12.2 Å². The number of rotatable bonds is 25. The lowest BCUT2D eigenvalue weighted by atomic mass is 10.1. The number of carbonyl (C=O) groups excluding carboxylic acids is 1. The fourth-order valence-corrected chi connectivity index (χ4v) is 4.04. The molecule has 1 atom stereocenters. The number of nitrogens with one attached hydrogen (secondary N) is 1. The maximum Gasteiger partial charge on any atom is 0.326 e. The molecule has 6 nitrogen and oxygen atoms in total. The summed E-state index contributed by atoms with van der Waals surface area (Å²) < 4.78 is 0. The van der Waals surface area contributed by atoms with Crippen molar-refractivity contribution >= 4 is 17.8 Å². The van der Waals surface area contributed by atoms with Gasteiger partial charge >= 0.3 is 11.9 Å². The van der Waals surface area contributed by atoms with Crippen LogP contribution < -0.4 is 5.32 Å². The zero-order valence-corrected chi connectivity index (χ0v) is 21.7. The molecule has 0 aliphatic carbocycles. The molecule has 6 heteroatoms. The highest BCUT2D eigenvalue weighted by molar-refractivity contribution is 5.83. The molecule has 0 radical (unpaired) electrons. The minimum atomic E-state index is -1.11. The molecule has 0 heterocycles. The Balaban J connectivity index is 3.47. The number of carbonyl (C=O) groups is 3. The third-order valence-electron chi connectivity index (χ3n) is 6.18. The third kappa shape index (κ3) is 23.3. The number of allylic oxidation sites excluding steroid dienone is 2. The Kier molecular flexibility index (Phi) is 23.0. The van der Waals surface area contributed by atoms with Gasteiger partial charge in [-0.3, -0.25) is 9.59 Å². The lowest BCUT2D eigenvalue weighted by Gasteiger charge is -2.14. The highest BCUT2D eigenvalue weighted by Crippen LogP contribution is 2.12. The van der Waals surface area contributed by atoms with Crippen molar-refractivity contribution in [3.8, 4) is 0 Å². The second-order valence-corrected chi connectivity index (χ2v) is 9.49. The Hall–Kier alpha value is -1.85. The van der Waals surface area contributed by atoms with Gasteiger partial charge in [-0.15, -0.1) is 0 Å². The Bertz CT molecular complexity index is 547. The van der Waals surface area contributed by atoms with E-state index in [1.807, 2.05) is 0 Å². The average Bonchev–Trinajstić information content (AvgIpc) is 2.79. The molecule has 0 spiro atoms. The van der Waals surface area contributed by atoms with Crippen molar-refractivity contribution in [2.24, 2.45) is 0 Å². The molecule has 0 unspecified atom stereocenters. The molecule has 0 saturated carbocycles. The summed E-state index contributed by atoms with van der Waals surface area (Å²) >= 11 is 0. The van der Waals surface area contributed by atoms with Gasteiger partial charge in [-0.25, -0.2) is 4.79 Å². The van der Waals surface area contributed by atoms with Crippen molar-refractivity contribution in [2.45, 2.75) is 148 Å². The Morgan fingerprint density at radius 1 is 0.647 bits per heavy atom. The van der Waals surface area contributed by atoms with Gasteiger partial charge in [-0.1, -0.05) is 96.1 Å². The van der Waals surface area contributed by atoms with Crippen molar-refractivity contribution in [3.63, 3.8) is 0 Å². The number of hydrogen-bond acceptors (Lipinski definition) is 3. The Morgan fingerprint density at radius 3 is 1.59 bits per heavy atom. The fourth-order valence-electron chi connectivity index (χ4n) is 4.04. The molecule has 0 rings (SSSR count). The van der Waals surface area contributed by atoms with E-state index in [-0.39, 0.29) is 25.2 Å². The normalized spacial score (nSPS) is 12.1. The largest absolute Gasteiger partial charge is 0.481 e. The minimum absolute atomic E-state index is 0.0880. The van der Waals surface area contributed by atoms with Gasteiger partial charge < -0.3 is 15.5 Å². The lowest BCUT2D eigenvalue weighted by molar-refractivity contribution is -0.142. The van der Waals surface area contributed by atoms with E-state index in [4.69, 9.17) is 10.2 Å². The van der Waals surface area contributed by atoms with Gasteiger partial charge in [0.2, 0.25) is 5.91 Å². The molecular formula is C28H51NO5. The van der Waals surface area contributed by atoms with Gasteiger partial charge in [0.1, 0.15) is 6.04 Å². The predicted molar refractivity (Wildman–Crippen MR) is 139 cm³/mol. The fraction of sp³-hybridized carbons (Fsp3) is 0.821. The number of unbranched alkanes of at least 4 members (excludes halogenated alkanes) is 15. The summed E-state index contributed by atoms with van der Waals surface area (Å²) in [6.45, 7) is 2.26. The molecule has 3 N–H and O–H groups in total. The van der Waals surface area contributed by atoms with Gasteiger partial charge in [0, 0.05) is 12.8 Å². The van der Waals surface area contributed by atoms with Crippen LogP contribution in [-0.2, 0) is 14.4 Å². The van der Waals surface area contributed by atoms with Gasteiger partial charge in [0.05, 0.1) is 0 Å². The summed E-state index contributed by atoms with van der Waals surface area (Å²) in [7, 11) is 0. The highest BCUT2D eigenvalue weighted by Gasteiger charge is 2.19. The molecular weight excluding hydrogens is 430 g/mol. The van der Waals surface area contributed by atoms with Gasteiger partial charge in [-0.05, 0) is 44.9 Å². The summed E-state index contributed by atoms with van der Waals surface area (Å²) in [4.78, 5) is 33.7. The molecule has 0 saturated heterocycles. The molecule has 0 aliphatic heterocycles. The summed E-state index contributed by atoms with van der Waals surface area (Å²) in [6.07, 6.45) is 26.4. The van der Waals surface area contributed by atoms with Crippen LogP contribution in [0.2, 0.25) is 0 Å². The minimum Gasteiger partial charge on any atom is -0.481 e. The van der Waals surface area contributed by atoms with E-state index in [1.54, 1.807) is 0 Å². The number of aliphatic carboxylic acids is 2. The first-order valence-corrected chi connectivity index (χ1v) is 13.9. The maximum absolute atomic E-state index is 11.9. The number of carboxylic acids is 2. The van der Waals surface area contributed by atoms with Crippen molar-refractivity contribution in [3.05, 3.63) is 12.2 Å². The molecule has 0 aromatic carbocycles. The second-order valence-electron chi connectivity index (χ2n) is 9.49. The maximum atomic E-state index is 11.9. The summed E-state index contributed by atoms with van der Waals surface area (Å²) in [5.41, 5.74) is 0. The van der Waals surface area contributed by atoms with Crippen LogP contribution >= 0.6 is 0 Å². The SMILES string of the molecule is CCCCCCCCCC/C=C\CCCCCCCCCC(=O)N[C@H](CCCC(=O)O)C(=O)O. The number of hydrogen-bond donors (Lipinski definition) is 3. The van der Waals surface area contributed by atoms with Crippen LogP contribution in [0.3, 0.4) is 0 Å². The molecule has 0 aromatic rings. The van der Waals surface area contributed by atoms with Crippen LogP contribution in [0.4, 0.5) is 0 Å². The molecule has 34 heavy (non-hydrogen) atoms. The van der Waals surface area contributed by atoms with E-state index in [0.29, 0.717) is 6.42 Å². The van der Waals surface area contributed by atoms with Crippen LogP contribution in [0, 0.1) is 0 Å². The van der Waals surface area contributed by atoms with Crippen LogP contribution in [-0.4, -0.2) is 34.1 Å². The van der Waals surface area contributed by atoms with E-state index < -0.39 is 18.0 Å². The zero-order chi connectivity index (χ0) is 25.3. The summed E-state index contributed by atoms with van der Waals surface area (Å²) in [5.74, 6) is -2.33. The standard InChI is InChI=1S/C28H51NO5/c1-2-3-4-5-6-7-8-9-10-11-12-13-14-15-16-17-18-19-20-23-26(30)29-25(28(33)34)22-21-24-27(31)32/h11-12,25H,2-10,13-24H2,1H3,(H,29,30)(H,31,32)(H,33,34)/b12-11-/t25-/m1/s1. The van der Waals surface area contributed by atoms with Crippen molar-refractivity contribution < 1.29 is 24.6 Å². The van der Waals surface area contributed by atoms with E-state index >= 15 is 0 Å². The zero-order valence-electron chi connectivity index (χ0n) is 21.7. The molecule has 0 fully saturated rings. The molecule has 0 bridgehead atoms. The topological polar surface area (TPSA) is 104 Å². The quantitative estimate of drug-likeness (QED) is 0.0930. The summed E-state index contributed by atoms with van der Waals surface area (Å²) in [5, 5.41) is 20.3. The van der Waals surface area contributed by atoms with Gasteiger partial charge in [0.25, 0.3) is 0 Å². The van der Waals surface area contributed by atoms with Crippen LogP contribution in [0.1, 0.15) is 142 Å². The lowest BCUT2D eigenvalue weighted by Crippen LogP contribution is -2.40. The highest BCUT2D eigenvalue weighted by atomic mass is 16.4. The van der Waals surface area contributed by atoms with E-state index in [2.05, 4.69) is 24.4 Å². The smallest absolute Gasteiger partial charge is 0.326 e. The molecule has 0 aromatic heterocycles. The number of carboxylic acid groups (broad SMARTS) is 2. The third-order valence-corrected chi connectivity index (χ3v) is 6.18. The number of amides is 1. The molecule has 1 amide bonds. The molecule has 0 aliphatic rings. The molecule has 198 valence electrons. The first-order valence-electron chi connectivity index (χ1n) is 13.9. The first kappa shape index (κ1) is 32.1. The Morgan fingerprint density at radius 2 is 1.12 bits per heavy atom. The Labute approximate surface area is 208 Å². The van der Waals surface area contributed by atoms with E-state index in [0.717, 1.165) is 19.3 Å². The van der Waals surface area contributed by atoms with Gasteiger partial charge in [0.15, 0.2) is 0 Å². The van der Waals surface area contributed by atoms with Gasteiger partial charge in [-0.2, -0.15) is 0 Å². The van der Waals surface area contributed by atoms with Crippen molar-refractivity contribution in [1.82, 2.24) is 5.32 Å². The predicted octanol–water partition coefficient (Wildman–Crippen LogP) is 7.41. The van der Waals surface area contributed by atoms with E-state index in [1.165, 1.54) is 89.9 Å². The second kappa shape index (κ2) is 24.3. The van der Waals surface area contributed by atoms with Crippen LogP contribution in [0.25, 0.3) is 0 Å². The average molecular weight is 482 g/mol. The van der Waals surface area contributed by atoms with Crippen molar-refractivity contribution in [2.75, 3.05) is 0 Å². The summed E-state index contributed by atoms with van der Waals surface area (Å²) in [6, 6.07) is -0.999.